The van der Waals surface area contributed by atoms with Crippen LogP contribution >= 0.6 is 34.5 Å². The van der Waals surface area contributed by atoms with Gasteiger partial charge in [0.1, 0.15) is 10.3 Å². The number of carbonyl (C=O) groups is 1. The summed E-state index contributed by atoms with van der Waals surface area (Å²) in [5.41, 5.74) is 0.424. The van der Waals surface area contributed by atoms with Crippen LogP contribution in [0.4, 0.5) is 0 Å². The summed E-state index contributed by atoms with van der Waals surface area (Å²) in [6, 6.07) is 6.97. The SMILES string of the molecule is C=CCN(Cc1cccs1)C(=O)c1cc(Cl)nc(Cl)c1. The molecule has 0 aliphatic carbocycles. The number of nitrogens with zero attached hydrogens (tertiary/aromatic N) is 2. The summed E-state index contributed by atoms with van der Waals surface area (Å²) < 4.78 is 0. The minimum atomic E-state index is -0.149. The molecule has 1 amide bonds. The van der Waals surface area contributed by atoms with Crippen molar-refractivity contribution in [2.75, 3.05) is 6.54 Å². The summed E-state index contributed by atoms with van der Waals surface area (Å²) in [7, 11) is 0. The lowest BCUT2D eigenvalue weighted by Crippen LogP contribution is -2.30. The number of aromatic nitrogens is 1. The largest absolute Gasteiger partial charge is 0.330 e. The molecule has 20 heavy (non-hydrogen) atoms. The number of rotatable bonds is 5. The molecule has 104 valence electrons. The number of halogens is 2. The van der Waals surface area contributed by atoms with Crippen LogP contribution in [0.3, 0.4) is 0 Å². The van der Waals surface area contributed by atoms with E-state index in [1.54, 1.807) is 22.3 Å². The monoisotopic (exact) mass is 326 g/mol. The molecule has 2 heterocycles. The maximum atomic E-state index is 12.5. The van der Waals surface area contributed by atoms with Crippen molar-refractivity contribution in [2.24, 2.45) is 0 Å². The number of amides is 1. The first-order valence-electron chi connectivity index (χ1n) is 5.86. The molecule has 2 aromatic rings. The Balaban J connectivity index is 2.23. The van der Waals surface area contributed by atoms with Crippen molar-refractivity contribution in [3.63, 3.8) is 0 Å². The summed E-state index contributed by atoms with van der Waals surface area (Å²) in [6.07, 6.45) is 1.69. The molecule has 6 heteroatoms. The maximum Gasteiger partial charge on any atom is 0.254 e. The Morgan fingerprint density at radius 2 is 2.10 bits per heavy atom. The quantitative estimate of drug-likeness (QED) is 0.607. The van der Waals surface area contributed by atoms with Gasteiger partial charge in [-0.3, -0.25) is 4.79 Å². The van der Waals surface area contributed by atoms with Crippen molar-refractivity contribution in [1.82, 2.24) is 9.88 Å². The topological polar surface area (TPSA) is 33.2 Å². The van der Waals surface area contributed by atoms with E-state index in [-0.39, 0.29) is 16.2 Å². The highest BCUT2D eigenvalue weighted by molar-refractivity contribution is 7.09. The molecule has 0 saturated heterocycles. The standard InChI is InChI=1S/C14H12Cl2N2OS/c1-2-5-18(9-11-4-3-6-20-11)14(19)10-7-12(15)17-13(16)8-10/h2-4,6-8H,1,5,9H2. The fraction of sp³-hybridized carbons (Fsp3) is 0.143. The van der Waals surface area contributed by atoms with E-state index >= 15 is 0 Å². The van der Waals surface area contributed by atoms with E-state index in [2.05, 4.69) is 11.6 Å². The normalized spacial score (nSPS) is 10.3. The molecule has 3 nitrogen and oxygen atoms in total. The number of hydrogen-bond donors (Lipinski definition) is 0. The molecule has 0 aromatic carbocycles. The molecular formula is C14H12Cl2N2OS. The van der Waals surface area contributed by atoms with Crippen molar-refractivity contribution < 1.29 is 4.79 Å². The summed E-state index contributed by atoms with van der Waals surface area (Å²) in [4.78, 5) is 19.1. The summed E-state index contributed by atoms with van der Waals surface area (Å²) in [5.74, 6) is -0.149. The van der Waals surface area contributed by atoms with Crippen LogP contribution in [-0.4, -0.2) is 22.3 Å². The van der Waals surface area contributed by atoms with Gasteiger partial charge in [-0.05, 0) is 23.6 Å². The van der Waals surface area contributed by atoms with E-state index in [0.29, 0.717) is 18.7 Å². The van der Waals surface area contributed by atoms with Crippen LogP contribution in [0.2, 0.25) is 10.3 Å². The summed E-state index contributed by atoms with van der Waals surface area (Å²) in [5, 5.41) is 2.39. The van der Waals surface area contributed by atoms with Crippen molar-refractivity contribution in [3.8, 4) is 0 Å². The second kappa shape index (κ2) is 6.88. The molecule has 0 fully saturated rings. The number of thiophene rings is 1. The highest BCUT2D eigenvalue weighted by atomic mass is 35.5. The molecule has 0 N–H and O–H groups in total. The number of pyridine rings is 1. The van der Waals surface area contributed by atoms with E-state index in [4.69, 9.17) is 23.2 Å². The van der Waals surface area contributed by atoms with Gasteiger partial charge in [-0.1, -0.05) is 35.3 Å². The van der Waals surface area contributed by atoms with Crippen LogP contribution in [0.15, 0.2) is 42.3 Å². The Morgan fingerprint density at radius 1 is 1.40 bits per heavy atom. The second-order valence-electron chi connectivity index (χ2n) is 4.05. The van der Waals surface area contributed by atoms with Gasteiger partial charge < -0.3 is 4.90 Å². The smallest absolute Gasteiger partial charge is 0.254 e. The predicted octanol–water partition coefficient (Wildman–Crippen LogP) is 4.28. The van der Waals surface area contributed by atoms with E-state index in [0.717, 1.165) is 4.88 Å². The molecule has 0 aliphatic rings. The molecule has 0 radical (unpaired) electrons. The van der Waals surface area contributed by atoms with Crippen molar-refractivity contribution in [3.05, 3.63) is 63.0 Å². The molecule has 0 bridgehead atoms. The molecule has 2 rings (SSSR count). The van der Waals surface area contributed by atoms with Crippen LogP contribution in [0.5, 0.6) is 0 Å². The Bertz CT molecular complexity index is 593. The van der Waals surface area contributed by atoms with Crippen molar-refractivity contribution in [1.29, 1.82) is 0 Å². The Kier molecular flexibility index (Phi) is 5.17. The molecule has 0 spiro atoms. The van der Waals surface area contributed by atoms with Crippen molar-refractivity contribution in [2.45, 2.75) is 6.54 Å². The third-order valence-electron chi connectivity index (χ3n) is 2.57. The molecule has 0 saturated carbocycles. The van der Waals surface area contributed by atoms with Crippen LogP contribution in [0.1, 0.15) is 15.2 Å². The lowest BCUT2D eigenvalue weighted by molar-refractivity contribution is 0.0764. The van der Waals surface area contributed by atoms with Crippen molar-refractivity contribution >= 4 is 40.4 Å². The third-order valence-corrected chi connectivity index (χ3v) is 3.82. The van der Waals surface area contributed by atoms with Gasteiger partial charge in [0.2, 0.25) is 0 Å². The number of carbonyl (C=O) groups excluding carboxylic acids is 1. The zero-order valence-electron chi connectivity index (χ0n) is 10.6. The van der Waals surface area contributed by atoms with Gasteiger partial charge in [0.25, 0.3) is 5.91 Å². The highest BCUT2D eigenvalue weighted by Gasteiger charge is 2.17. The van der Waals surface area contributed by atoms with Crippen LogP contribution in [-0.2, 0) is 6.54 Å². The number of hydrogen-bond acceptors (Lipinski definition) is 3. The van der Waals surface area contributed by atoms with Gasteiger partial charge in [0.05, 0.1) is 6.54 Å². The van der Waals surface area contributed by atoms with Gasteiger partial charge in [0, 0.05) is 17.0 Å². The van der Waals surface area contributed by atoms with Gasteiger partial charge >= 0.3 is 0 Å². The minimum Gasteiger partial charge on any atom is -0.330 e. The van der Waals surface area contributed by atoms with E-state index < -0.39 is 0 Å². The fourth-order valence-corrected chi connectivity index (χ4v) is 2.92. The van der Waals surface area contributed by atoms with Gasteiger partial charge in [-0.25, -0.2) is 4.98 Å². The van der Waals surface area contributed by atoms with Crippen LogP contribution in [0, 0.1) is 0 Å². The summed E-state index contributed by atoms with van der Waals surface area (Å²) in [6.45, 7) is 4.67. The molecule has 0 unspecified atom stereocenters. The molecular weight excluding hydrogens is 315 g/mol. The van der Waals surface area contributed by atoms with E-state index in [9.17, 15) is 4.79 Å². The lowest BCUT2D eigenvalue weighted by Gasteiger charge is -2.20. The summed E-state index contributed by atoms with van der Waals surface area (Å²) >= 11 is 13.3. The molecule has 0 aliphatic heterocycles. The van der Waals surface area contributed by atoms with E-state index in [1.165, 1.54) is 12.1 Å². The minimum absolute atomic E-state index is 0.149. The van der Waals surface area contributed by atoms with Gasteiger partial charge in [0.15, 0.2) is 0 Å². The Morgan fingerprint density at radius 3 is 2.65 bits per heavy atom. The average Bonchev–Trinajstić information content (AvgIpc) is 2.89. The average molecular weight is 327 g/mol. The van der Waals surface area contributed by atoms with Crippen LogP contribution in [0.25, 0.3) is 0 Å². The molecule has 0 atom stereocenters. The Hall–Kier alpha value is -1.36. The molecule has 2 aromatic heterocycles. The first kappa shape index (κ1) is 15.0. The third kappa shape index (κ3) is 3.82. The zero-order valence-corrected chi connectivity index (χ0v) is 12.9. The Labute approximate surface area is 131 Å². The lowest BCUT2D eigenvalue weighted by atomic mass is 10.2. The highest BCUT2D eigenvalue weighted by Crippen LogP contribution is 2.18. The van der Waals surface area contributed by atoms with E-state index in [1.807, 2.05) is 17.5 Å². The van der Waals surface area contributed by atoms with Crippen LogP contribution < -0.4 is 0 Å². The second-order valence-corrected chi connectivity index (χ2v) is 5.86. The maximum absolute atomic E-state index is 12.5. The first-order chi connectivity index (χ1) is 9.60. The van der Waals surface area contributed by atoms with Gasteiger partial charge in [-0.15, -0.1) is 17.9 Å². The fourth-order valence-electron chi connectivity index (χ4n) is 1.74. The predicted molar refractivity (Wildman–Crippen MR) is 83.5 cm³/mol. The first-order valence-corrected chi connectivity index (χ1v) is 7.49. The van der Waals surface area contributed by atoms with Gasteiger partial charge in [-0.2, -0.15) is 0 Å². The zero-order chi connectivity index (χ0) is 14.5.